The molecule has 0 aliphatic heterocycles. The monoisotopic (exact) mass is 257 g/mol. The maximum atomic E-state index is 9.61. The molecule has 0 aromatic rings. The number of aliphatic hydroxyl groups is 1. The van der Waals surface area contributed by atoms with Crippen LogP contribution < -0.4 is 5.73 Å². The van der Waals surface area contributed by atoms with Crippen LogP contribution >= 0.6 is 0 Å². The van der Waals surface area contributed by atoms with E-state index in [0.717, 1.165) is 24.7 Å². The summed E-state index contributed by atoms with van der Waals surface area (Å²) in [5.41, 5.74) is 5.76. The molecule has 1 fully saturated rings. The van der Waals surface area contributed by atoms with Crippen molar-refractivity contribution in [2.75, 3.05) is 6.54 Å². The molecule has 0 amide bonds. The highest BCUT2D eigenvalue weighted by Gasteiger charge is 2.35. The average Bonchev–Trinajstić information content (AvgIpc) is 2.52. The lowest BCUT2D eigenvalue weighted by Gasteiger charge is -2.35. The Kier molecular flexibility index (Phi) is 6.09. The summed E-state index contributed by atoms with van der Waals surface area (Å²) in [5, 5.41) is 9.61. The smallest absolute Gasteiger partial charge is 0.0811 e. The van der Waals surface area contributed by atoms with Crippen molar-refractivity contribution in [3.63, 3.8) is 0 Å². The highest BCUT2D eigenvalue weighted by Crippen LogP contribution is 2.36. The maximum Gasteiger partial charge on any atom is 0.0811 e. The van der Waals surface area contributed by atoms with Gasteiger partial charge in [0, 0.05) is 6.54 Å². The molecule has 3 heteroatoms. The number of aliphatic hydroxyl groups excluding tert-OH is 1. The van der Waals surface area contributed by atoms with E-state index in [0.29, 0.717) is 6.54 Å². The van der Waals surface area contributed by atoms with Crippen LogP contribution in [0.1, 0.15) is 59.8 Å². The fourth-order valence-electron chi connectivity index (χ4n) is 2.93. The molecule has 4 atom stereocenters. The second-order valence-electron chi connectivity index (χ2n) is 6.39. The molecular formula is C15H31NO2. The predicted molar refractivity (Wildman–Crippen MR) is 75.4 cm³/mol. The summed E-state index contributed by atoms with van der Waals surface area (Å²) < 4.78 is 6.12. The molecule has 0 spiro atoms. The van der Waals surface area contributed by atoms with Gasteiger partial charge in [0.1, 0.15) is 0 Å². The first kappa shape index (κ1) is 15.9. The van der Waals surface area contributed by atoms with E-state index in [4.69, 9.17) is 10.5 Å². The normalized spacial score (nSPS) is 33.2. The second-order valence-corrected chi connectivity index (χ2v) is 6.39. The first-order valence-corrected chi connectivity index (χ1v) is 7.46. The quantitative estimate of drug-likeness (QED) is 0.745. The zero-order valence-corrected chi connectivity index (χ0v) is 12.5. The van der Waals surface area contributed by atoms with Gasteiger partial charge in [-0.3, -0.25) is 0 Å². The van der Waals surface area contributed by atoms with Crippen molar-refractivity contribution in [1.29, 1.82) is 0 Å². The molecule has 1 saturated carbocycles. The molecule has 3 N–H and O–H groups in total. The van der Waals surface area contributed by atoms with Crippen molar-refractivity contribution in [1.82, 2.24) is 0 Å². The summed E-state index contributed by atoms with van der Waals surface area (Å²) in [4.78, 5) is 0. The van der Waals surface area contributed by atoms with Gasteiger partial charge in [0.25, 0.3) is 0 Å². The summed E-state index contributed by atoms with van der Waals surface area (Å²) in [6.45, 7) is 8.89. The highest BCUT2D eigenvalue weighted by atomic mass is 16.5. The van der Waals surface area contributed by atoms with Crippen molar-refractivity contribution < 1.29 is 9.84 Å². The molecule has 18 heavy (non-hydrogen) atoms. The minimum absolute atomic E-state index is 0.135. The van der Waals surface area contributed by atoms with E-state index in [1.807, 2.05) is 6.92 Å². The molecule has 1 aliphatic carbocycles. The van der Waals surface area contributed by atoms with Crippen LogP contribution in [0.4, 0.5) is 0 Å². The molecule has 0 aromatic carbocycles. The van der Waals surface area contributed by atoms with E-state index >= 15 is 0 Å². The molecule has 0 aromatic heterocycles. The van der Waals surface area contributed by atoms with E-state index in [2.05, 4.69) is 13.8 Å². The number of hydrogen-bond acceptors (Lipinski definition) is 3. The molecule has 0 radical (unpaired) electrons. The third-order valence-corrected chi connectivity index (χ3v) is 4.61. The van der Waals surface area contributed by atoms with Crippen LogP contribution in [0.3, 0.4) is 0 Å². The molecule has 0 heterocycles. The predicted octanol–water partition coefficient (Wildman–Crippen LogP) is 2.71. The first-order chi connectivity index (χ1) is 8.40. The standard InChI is InChI=1S/C15H31NO2/c1-11(2)14-6-5-8-15(10-16,9-7-14)18-13(4)12(3)17/h11-14,17H,5-10,16H2,1-4H3. The van der Waals surface area contributed by atoms with Gasteiger partial charge in [-0.25, -0.2) is 0 Å². The lowest BCUT2D eigenvalue weighted by atomic mass is 9.87. The number of ether oxygens (including phenoxy) is 1. The van der Waals surface area contributed by atoms with Gasteiger partial charge < -0.3 is 15.6 Å². The molecule has 0 bridgehead atoms. The van der Waals surface area contributed by atoms with Gasteiger partial charge in [0.2, 0.25) is 0 Å². The summed E-state index contributed by atoms with van der Waals surface area (Å²) >= 11 is 0. The Morgan fingerprint density at radius 3 is 2.39 bits per heavy atom. The van der Waals surface area contributed by atoms with Crippen LogP contribution in [0.5, 0.6) is 0 Å². The van der Waals surface area contributed by atoms with Crippen molar-refractivity contribution in [3.8, 4) is 0 Å². The van der Waals surface area contributed by atoms with Gasteiger partial charge in [-0.05, 0) is 44.9 Å². The van der Waals surface area contributed by atoms with Crippen LogP contribution in [-0.4, -0.2) is 29.5 Å². The number of hydrogen-bond donors (Lipinski definition) is 2. The van der Waals surface area contributed by atoms with Gasteiger partial charge in [-0.15, -0.1) is 0 Å². The highest BCUT2D eigenvalue weighted by molar-refractivity contribution is 4.88. The van der Waals surface area contributed by atoms with Crippen LogP contribution in [0, 0.1) is 11.8 Å². The van der Waals surface area contributed by atoms with Gasteiger partial charge in [-0.1, -0.05) is 26.7 Å². The molecule has 3 nitrogen and oxygen atoms in total. The fraction of sp³-hybridized carbons (Fsp3) is 1.00. The molecule has 108 valence electrons. The van der Waals surface area contributed by atoms with Crippen LogP contribution in [-0.2, 0) is 4.74 Å². The first-order valence-electron chi connectivity index (χ1n) is 7.46. The van der Waals surface area contributed by atoms with E-state index in [-0.39, 0.29) is 11.7 Å². The van der Waals surface area contributed by atoms with Crippen molar-refractivity contribution in [2.24, 2.45) is 17.6 Å². The van der Waals surface area contributed by atoms with E-state index in [1.165, 1.54) is 19.3 Å². The molecule has 0 saturated heterocycles. The van der Waals surface area contributed by atoms with E-state index in [1.54, 1.807) is 6.92 Å². The summed E-state index contributed by atoms with van der Waals surface area (Å²) in [6.07, 6.45) is 5.16. The van der Waals surface area contributed by atoms with Crippen molar-refractivity contribution >= 4 is 0 Å². The van der Waals surface area contributed by atoms with Gasteiger partial charge >= 0.3 is 0 Å². The summed E-state index contributed by atoms with van der Waals surface area (Å²) in [6, 6.07) is 0. The lowest BCUT2D eigenvalue weighted by molar-refractivity contribution is -0.126. The van der Waals surface area contributed by atoms with E-state index < -0.39 is 6.10 Å². The van der Waals surface area contributed by atoms with Crippen molar-refractivity contribution in [2.45, 2.75) is 77.6 Å². The van der Waals surface area contributed by atoms with Gasteiger partial charge in [0.15, 0.2) is 0 Å². The van der Waals surface area contributed by atoms with Crippen LogP contribution in [0.25, 0.3) is 0 Å². The zero-order valence-electron chi connectivity index (χ0n) is 12.5. The Balaban J connectivity index is 2.64. The van der Waals surface area contributed by atoms with Crippen LogP contribution in [0.2, 0.25) is 0 Å². The molecule has 4 unspecified atom stereocenters. The Bertz CT molecular complexity index is 243. The molecule has 1 aliphatic rings. The van der Waals surface area contributed by atoms with Crippen LogP contribution in [0.15, 0.2) is 0 Å². The molecule has 1 rings (SSSR count). The second kappa shape index (κ2) is 6.88. The molecular weight excluding hydrogens is 226 g/mol. The lowest BCUT2D eigenvalue weighted by Crippen LogP contribution is -2.45. The largest absolute Gasteiger partial charge is 0.391 e. The zero-order chi connectivity index (χ0) is 13.8. The third kappa shape index (κ3) is 4.22. The van der Waals surface area contributed by atoms with Crippen molar-refractivity contribution in [3.05, 3.63) is 0 Å². The summed E-state index contributed by atoms with van der Waals surface area (Å²) in [5.74, 6) is 1.54. The number of rotatable bonds is 5. The van der Waals surface area contributed by atoms with Gasteiger partial charge in [-0.2, -0.15) is 0 Å². The third-order valence-electron chi connectivity index (χ3n) is 4.61. The maximum absolute atomic E-state index is 9.61. The Labute approximate surface area is 112 Å². The minimum Gasteiger partial charge on any atom is -0.391 e. The van der Waals surface area contributed by atoms with Gasteiger partial charge in [0.05, 0.1) is 17.8 Å². The SMILES string of the molecule is CC(C)C1CCCC(CN)(OC(C)C(C)O)CC1. The number of nitrogens with two attached hydrogens (primary N) is 1. The Morgan fingerprint density at radius 2 is 1.89 bits per heavy atom. The Morgan fingerprint density at radius 1 is 1.22 bits per heavy atom. The topological polar surface area (TPSA) is 55.5 Å². The summed E-state index contributed by atoms with van der Waals surface area (Å²) in [7, 11) is 0. The average molecular weight is 257 g/mol. The minimum atomic E-state index is -0.433. The van der Waals surface area contributed by atoms with E-state index in [9.17, 15) is 5.11 Å². The Hall–Kier alpha value is -0.120. The fourth-order valence-corrected chi connectivity index (χ4v) is 2.93.